The number of halogens is 4. The largest absolute Gasteiger partial charge is 0.497 e. The van der Waals surface area contributed by atoms with E-state index in [2.05, 4.69) is 4.98 Å². The molecular formula is C13H9F4NOS. The van der Waals surface area contributed by atoms with E-state index in [0.717, 1.165) is 18.2 Å². The molecule has 1 aromatic carbocycles. The van der Waals surface area contributed by atoms with Crippen LogP contribution in [0.4, 0.5) is 17.6 Å². The highest BCUT2D eigenvalue weighted by molar-refractivity contribution is 7.71. The number of alkyl halides is 3. The van der Waals surface area contributed by atoms with E-state index < -0.39 is 17.6 Å². The molecule has 1 N–H and O–H groups in total. The van der Waals surface area contributed by atoms with Crippen LogP contribution in [-0.4, -0.2) is 12.1 Å². The van der Waals surface area contributed by atoms with E-state index in [0.29, 0.717) is 0 Å². The predicted octanol–water partition coefficient (Wildman–Crippen LogP) is 4.58. The Hall–Kier alpha value is -1.89. The van der Waals surface area contributed by atoms with Gasteiger partial charge in [0.05, 0.1) is 12.7 Å². The number of aromatic nitrogens is 1. The van der Waals surface area contributed by atoms with E-state index in [-0.39, 0.29) is 21.6 Å². The van der Waals surface area contributed by atoms with Gasteiger partial charge in [-0.15, -0.1) is 0 Å². The zero-order valence-corrected chi connectivity index (χ0v) is 11.0. The van der Waals surface area contributed by atoms with Crippen LogP contribution >= 0.6 is 12.2 Å². The molecule has 106 valence electrons. The minimum Gasteiger partial charge on any atom is -0.497 e. The molecule has 0 saturated heterocycles. The average molecular weight is 303 g/mol. The topological polar surface area (TPSA) is 25.0 Å². The van der Waals surface area contributed by atoms with Crippen molar-refractivity contribution in [2.24, 2.45) is 0 Å². The van der Waals surface area contributed by atoms with Crippen molar-refractivity contribution in [3.63, 3.8) is 0 Å². The highest BCUT2D eigenvalue weighted by Crippen LogP contribution is 2.32. The molecule has 2 nitrogen and oxygen atoms in total. The van der Waals surface area contributed by atoms with Gasteiger partial charge in [0.2, 0.25) is 0 Å². The third kappa shape index (κ3) is 2.98. The lowest BCUT2D eigenvalue weighted by molar-refractivity contribution is -0.137. The highest BCUT2D eigenvalue weighted by Gasteiger charge is 2.31. The van der Waals surface area contributed by atoms with E-state index in [1.54, 1.807) is 0 Å². The Labute approximate surface area is 117 Å². The maximum absolute atomic E-state index is 13.9. The molecule has 0 radical (unpaired) electrons. The van der Waals surface area contributed by atoms with Crippen molar-refractivity contribution in [2.75, 3.05) is 7.11 Å². The summed E-state index contributed by atoms with van der Waals surface area (Å²) in [6.07, 6.45) is -4.54. The minimum absolute atomic E-state index is 0.0111. The Morgan fingerprint density at radius 2 is 1.85 bits per heavy atom. The van der Waals surface area contributed by atoms with Gasteiger partial charge in [0, 0.05) is 17.3 Å². The van der Waals surface area contributed by atoms with Crippen molar-refractivity contribution in [3.8, 4) is 17.0 Å². The molecule has 0 saturated carbocycles. The van der Waals surface area contributed by atoms with Gasteiger partial charge in [-0.3, -0.25) is 0 Å². The standard InChI is InChI=1S/C13H9F4NOS/c1-19-8-2-3-9(10(14)6-8)11-4-7(13(15,16)17)5-12(20)18-11/h2-6H,1H3,(H,18,20). The van der Waals surface area contributed by atoms with Crippen LogP contribution in [0.3, 0.4) is 0 Å². The first-order valence-corrected chi connectivity index (χ1v) is 5.87. The molecule has 0 amide bonds. The monoisotopic (exact) mass is 303 g/mol. The number of H-pyrrole nitrogens is 1. The number of hydrogen-bond donors (Lipinski definition) is 1. The summed E-state index contributed by atoms with van der Waals surface area (Å²) < 4.78 is 56.7. The molecule has 1 aromatic heterocycles. The van der Waals surface area contributed by atoms with Gasteiger partial charge in [-0.2, -0.15) is 13.2 Å². The van der Waals surface area contributed by atoms with E-state index in [9.17, 15) is 17.6 Å². The van der Waals surface area contributed by atoms with Gasteiger partial charge in [-0.1, -0.05) is 12.2 Å². The second kappa shape index (κ2) is 5.24. The van der Waals surface area contributed by atoms with Crippen LogP contribution in [0.5, 0.6) is 5.75 Å². The van der Waals surface area contributed by atoms with Crippen LogP contribution in [0.2, 0.25) is 0 Å². The number of benzene rings is 1. The van der Waals surface area contributed by atoms with Gasteiger partial charge in [0.15, 0.2) is 0 Å². The van der Waals surface area contributed by atoms with Gasteiger partial charge in [0.25, 0.3) is 0 Å². The first-order valence-electron chi connectivity index (χ1n) is 5.47. The SMILES string of the molecule is COc1ccc(-c2cc(C(F)(F)F)cc(=S)[nH]2)c(F)c1. The molecule has 0 fully saturated rings. The van der Waals surface area contributed by atoms with Crippen LogP contribution in [0.25, 0.3) is 11.3 Å². The lowest BCUT2D eigenvalue weighted by atomic mass is 10.1. The number of rotatable bonds is 2. The number of hydrogen-bond acceptors (Lipinski definition) is 2. The van der Waals surface area contributed by atoms with Gasteiger partial charge in [0.1, 0.15) is 16.2 Å². The second-order valence-electron chi connectivity index (χ2n) is 3.99. The van der Waals surface area contributed by atoms with Gasteiger partial charge in [-0.05, 0) is 24.3 Å². The van der Waals surface area contributed by atoms with Crippen LogP contribution in [0, 0.1) is 10.5 Å². The third-order valence-corrected chi connectivity index (χ3v) is 2.86. The van der Waals surface area contributed by atoms with Crippen LogP contribution < -0.4 is 4.74 Å². The molecule has 0 aliphatic carbocycles. The maximum Gasteiger partial charge on any atom is 0.416 e. The van der Waals surface area contributed by atoms with Crippen LogP contribution in [-0.2, 0) is 6.18 Å². The molecule has 1 heterocycles. The van der Waals surface area contributed by atoms with Gasteiger partial charge < -0.3 is 9.72 Å². The van der Waals surface area contributed by atoms with E-state index in [4.69, 9.17) is 17.0 Å². The molecule has 20 heavy (non-hydrogen) atoms. The highest BCUT2D eigenvalue weighted by atomic mass is 32.1. The molecule has 0 bridgehead atoms. The number of aromatic amines is 1. The van der Waals surface area contributed by atoms with Crippen LogP contribution in [0.15, 0.2) is 30.3 Å². The number of nitrogens with one attached hydrogen (secondary N) is 1. The Kier molecular flexibility index (Phi) is 3.80. The van der Waals surface area contributed by atoms with Crippen molar-refractivity contribution < 1.29 is 22.3 Å². The summed E-state index contributed by atoms with van der Waals surface area (Å²) >= 11 is 4.75. The molecule has 0 unspecified atom stereocenters. The second-order valence-corrected chi connectivity index (χ2v) is 4.43. The minimum atomic E-state index is -4.54. The number of methoxy groups -OCH3 is 1. The lowest BCUT2D eigenvalue weighted by Gasteiger charge is -2.10. The summed E-state index contributed by atoms with van der Waals surface area (Å²) in [6, 6.07) is 5.48. The summed E-state index contributed by atoms with van der Waals surface area (Å²) in [5.41, 5.74) is -0.973. The zero-order chi connectivity index (χ0) is 14.9. The summed E-state index contributed by atoms with van der Waals surface area (Å²) in [6.45, 7) is 0. The van der Waals surface area contributed by atoms with Crippen molar-refractivity contribution in [3.05, 3.63) is 46.4 Å². The van der Waals surface area contributed by atoms with Crippen LogP contribution in [0.1, 0.15) is 5.56 Å². The Bertz CT molecular complexity index is 694. The Morgan fingerprint density at radius 1 is 1.15 bits per heavy atom. The fourth-order valence-electron chi connectivity index (χ4n) is 1.69. The molecule has 0 aliphatic rings. The first-order chi connectivity index (χ1) is 9.31. The Morgan fingerprint density at radius 3 is 2.40 bits per heavy atom. The number of ether oxygens (including phenoxy) is 1. The lowest BCUT2D eigenvalue weighted by Crippen LogP contribution is -2.06. The Balaban J connectivity index is 2.59. The summed E-state index contributed by atoms with van der Waals surface area (Å²) in [4.78, 5) is 2.55. The molecule has 7 heteroatoms. The summed E-state index contributed by atoms with van der Waals surface area (Å²) in [7, 11) is 1.37. The van der Waals surface area contributed by atoms with E-state index >= 15 is 0 Å². The van der Waals surface area contributed by atoms with Gasteiger partial charge in [-0.25, -0.2) is 4.39 Å². The molecule has 0 aliphatic heterocycles. The van der Waals surface area contributed by atoms with E-state index in [1.807, 2.05) is 0 Å². The quantitative estimate of drug-likeness (QED) is 0.649. The third-order valence-electron chi connectivity index (χ3n) is 2.64. The fourth-order valence-corrected chi connectivity index (χ4v) is 1.93. The molecule has 0 spiro atoms. The predicted molar refractivity (Wildman–Crippen MR) is 68.6 cm³/mol. The molecule has 0 atom stereocenters. The molecule has 2 rings (SSSR count). The van der Waals surface area contributed by atoms with Crippen molar-refractivity contribution in [1.82, 2.24) is 4.98 Å². The van der Waals surface area contributed by atoms with Crippen molar-refractivity contribution >= 4 is 12.2 Å². The number of pyridine rings is 1. The fraction of sp³-hybridized carbons (Fsp3) is 0.154. The van der Waals surface area contributed by atoms with Crippen molar-refractivity contribution in [1.29, 1.82) is 0 Å². The first kappa shape index (κ1) is 14.5. The summed E-state index contributed by atoms with van der Waals surface area (Å²) in [5.74, 6) is -0.425. The maximum atomic E-state index is 13.9. The summed E-state index contributed by atoms with van der Waals surface area (Å²) in [5, 5.41) is 0. The zero-order valence-electron chi connectivity index (χ0n) is 10.2. The molecule has 2 aromatic rings. The average Bonchev–Trinajstić information content (AvgIpc) is 2.36. The van der Waals surface area contributed by atoms with E-state index in [1.165, 1.54) is 19.2 Å². The smallest absolute Gasteiger partial charge is 0.416 e. The van der Waals surface area contributed by atoms with Gasteiger partial charge >= 0.3 is 6.18 Å². The normalized spacial score (nSPS) is 11.4. The van der Waals surface area contributed by atoms with Crippen molar-refractivity contribution in [2.45, 2.75) is 6.18 Å². The molecular weight excluding hydrogens is 294 g/mol.